The lowest BCUT2D eigenvalue weighted by Crippen LogP contribution is -2.17. The number of carbonyl (C=O) groups is 3. The van der Waals surface area contributed by atoms with Gasteiger partial charge < -0.3 is 0 Å². The molecule has 0 saturated carbocycles. The first-order chi connectivity index (χ1) is 15.4. The van der Waals surface area contributed by atoms with Crippen LogP contribution in [-0.4, -0.2) is 27.3 Å². The molecule has 1 aliphatic heterocycles. The summed E-state index contributed by atoms with van der Waals surface area (Å²) in [6, 6.07) is 10.8. The summed E-state index contributed by atoms with van der Waals surface area (Å²) in [5.74, 6) is -0.705. The minimum atomic E-state index is -0.437. The van der Waals surface area contributed by atoms with E-state index in [1.807, 2.05) is 0 Å². The number of hydrogen-bond donors (Lipinski definition) is 2. The summed E-state index contributed by atoms with van der Waals surface area (Å²) in [5.41, 5.74) is 1.85. The molecule has 32 heavy (non-hydrogen) atoms. The molecule has 0 radical (unpaired) electrons. The lowest BCUT2D eigenvalue weighted by molar-refractivity contribution is -0.115. The van der Waals surface area contributed by atoms with Crippen LogP contribution in [0, 0.1) is 5.82 Å². The van der Waals surface area contributed by atoms with E-state index in [1.54, 1.807) is 36.4 Å². The number of halogens is 2. The topological polar surface area (TPSA) is 101 Å². The van der Waals surface area contributed by atoms with E-state index in [9.17, 15) is 18.8 Å². The summed E-state index contributed by atoms with van der Waals surface area (Å²) in [6.45, 7) is 0. The maximum Gasteiger partial charge on any atom is 0.290 e. The van der Waals surface area contributed by atoms with Crippen molar-refractivity contribution in [1.82, 2.24) is 15.5 Å². The summed E-state index contributed by atoms with van der Waals surface area (Å²) in [6.07, 6.45) is 1.58. The lowest BCUT2D eigenvalue weighted by Gasteiger charge is -2.02. The predicted molar refractivity (Wildman–Crippen MR) is 124 cm³/mol. The number of aromatic nitrogens is 2. The third-order valence-corrected chi connectivity index (χ3v) is 7.29. The van der Waals surface area contributed by atoms with Gasteiger partial charge in [-0.2, -0.15) is 0 Å². The second kappa shape index (κ2) is 9.82. The number of imide groups is 1. The van der Waals surface area contributed by atoms with Crippen LogP contribution in [0.1, 0.15) is 21.5 Å². The van der Waals surface area contributed by atoms with Crippen molar-refractivity contribution in [3.05, 3.63) is 74.9 Å². The van der Waals surface area contributed by atoms with Crippen molar-refractivity contribution in [3.8, 4) is 0 Å². The summed E-state index contributed by atoms with van der Waals surface area (Å²) in [5, 5.41) is 13.1. The average Bonchev–Trinajstić information content (AvgIpc) is 3.33. The molecule has 7 nitrogen and oxygen atoms in total. The summed E-state index contributed by atoms with van der Waals surface area (Å²) in [4.78, 5) is 35.6. The Morgan fingerprint density at radius 1 is 1.19 bits per heavy atom. The van der Waals surface area contributed by atoms with Gasteiger partial charge in [0.1, 0.15) is 5.82 Å². The van der Waals surface area contributed by atoms with Crippen LogP contribution in [0.5, 0.6) is 0 Å². The maximum atomic E-state index is 13.1. The molecule has 0 spiro atoms. The van der Waals surface area contributed by atoms with E-state index < -0.39 is 17.0 Å². The minimum Gasteiger partial charge on any atom is -0.296 e. The van der Waals surface area contributed by atoms with E-state index in [0.29, 0.717) is 36.3 Å². The van der Waals surface area contributed by atoms with Gasteiger partial charge in [0.2, 0.25) is 5.13 Å². The summed E-state index contributed by atoms with van der Waals surface area (Å²) < 4.78 is 13.8. The third kappa shape index (κ3) is 5.54. The average molecular weight is 507 g/mol. The number of nitrogens with zero attached hydrogens (tertiary/aromatic N) is 2. The Hall–Kier alpha value is -2.73. The van der Waals surface area contributed by atoms with Crippen LogP contribution in [0.15, 0.2) is 51.7 Å². The van der Waals surface area contributed by atoms with Crippen LogP contribution < -0.4 is 10.6 Å². The highest BCUT2D eigenvalue weighted by Gasteiger charge is 2.24. The van der Waals surface area contributed by atoms with Crippen LogP contribution >= 0.6 is 46.5 Å². The van der Waals surface area contributed by atoms with E-state index in [-0.39, 0.29) is 5.91 Å². The Balaban J connectivity index is 1.35. The second-order valence-electron chi connectivity index (χ2n) is 6.33. The van der Waals surface area contributed by atoms with Gasteiger partial charge in [-0.05, 0) is 53.2 Å². The van der Waals surface area contributed by atoms with Crippen LogP contribution in [0.25, 0.3) is 6.08 Å². The fraction of sp³-hybridized carbons (Fsp3) is 0.0500. The molecule has 3 amide bonds. The Morgan fingerprint density at radius 3 is 2.66 bits per heavy atom. The maximum absolute atomic E-state index is 13.1. The number of nitrogens with one attached hydrogen (secondary N) is 2. The zero-order chi connectivity index (χ0) is 22.7. The van der Waals surface area contributed by atoms with E-state index in [0.717, 1.165) is 17.3 Å². The number of amides is 3. The van der Waals surface area contributed by atoms with Crippen molar-refractivity contribution in [2.45, 2.75) is 10.1 Å². The first-order valence-electron chi connectivity index (χ1n) is 8.94. The molecule has 0 atom stereocenters. The molecule has 0 bridgehead atoms. The monoisotopic (exact) mass is 506 g/mol. The molecule has 2 aromatic carbocycles. The third-order valence-electron chi connectivity index (χ3n) is 4.11. The van der Waals surface area contributed by atoms with Gasteiger partial charge in [-0.1, -0.05) is 52.9 Å². The predicted octanol–water partition coefficient (Wildman–Crippen LogP) is 5.20. The van der Waals surface area contributed by atoms with Gasteiger partial charge in [0.05, 0.1) is 4.91 Å². The van der Waals surface area contributed by atoms with Crippen LogP contribution in [0.4, 0.5) is 14.3 Å². The number of hydrogen-bond acceptors (Lipinski definition) is 8. The highest BCUT2D eigenvalue weighted by Crippen LogP contribution is 2.31. The van der Waals surface area contributed by atoms with Crippen LogP contribution in [0.2, 0.25) is 5.02 Å². The number of thioether (sulfide) groups is 2. The van der Waals surface area contributed by atoms with Crippen molar-refractivity contribution >= 4 is 74.7 Å². The Kier molecular flexibility index (Phi) is 6.89. The van der Waals surface area contributed by atoms with Crippen molar-refractivity contribution in [2.75, 3.05) is 5.32 Å². The lowest BCUT2D eigenvalue weighted by atomic mass is 10.1. The summed E-state index contributed by atoms with van der Waals surface area (Å²) >= 11 is 9.44. The first-order valence-corrected chi connectivity index (χ1v) is 11.9. The molecule has 1 aromatic heterocycles. The molecule has 2 N–H and O–H groups in total. The molecule has 2 heterocycles. The molecule has 1 saturated heterocycles. The number of anilines is 1. The Morgan fingerprint density at radius 2 is 1.97 bits per heavy atom. The highest BCUT2D eigenvalue weighted by molar-refractivity contribution is 8.18. The van der Waals surface area contributed by atoms with Crippen molar-refractivity contribution in [2.24, 2.45) is 0 Å². The van der Waals surface area contributed by atoms with E-state index >= 15 is 0 Å². The fourth-order valence-corrected chi connectivity index (χ4v) is 5.32. The van der Waals surface area contributed by atoms with Gasteiger partial charge in [0.15, 0.2) is 4.34 Å². The first kappa shape index (κ1) is 22.5. The zero-order valence-corrected chi connectivity index (χ0v) is 19.1. The molecule has 1 fully saturated rings. The van der Waals surface area contributed by atoms with Crippen molar-refractivity contribution in [3.63, 3.8) is 0 Å². The van der Waals surface area contributed by atoms with Gasteiger partial charge in [0.25, 0.3) is 17.1 Å². The highest BCUT2D eigenvalue weighted by atomic mass is 35.5. The van der Waals surface area contributed by atoms with Gasteiger partial charge in [-0.15, -0.1) is 10.2 Å². The standard InChI is InChI=1S/C20H12ClFN4O3S3/c21-14-8-13(22)6-5-12(14)9-30-20-26-25-18(32-20)23-16(27)11-3-1-10(2-4-11)7-15-17(28)24-19(29)31-15/h1-8H,9H2,(H,23,25,27)(H,24,28,29)/b15-7-. The largest absolute Gasteiger partial charge is 0.296 e. The molecule has 1 aliphatic rings. The van der Waals surface area contributed by atoms with Gasteiger partial charge in [0, 0.05) is 16.3 Å². The normalized spacial score (nSPS) is 14.6. The van der Waals surface area contributed by atoms with E-state index in [2.05, 4.69) is 20.8 Å². The number of benzene rings is 2. The van der Waals surface area contributed by atoms with E-state index in [4.69, 9.17) is 11.6 Å². The SMILES string of the molecule is O=C1NC(=O)/C(=C/c2ccc(C(=O)Nc3nnc(SCc4ccc(F)cc4Cl)s3)cc2)S1. The van der Waals surface area contributed by atoms with Crippen molar-refractivity contribution in [1.29, 1.82) is 0 Å². The molecule has 4 rings (SSSR count). The Labute approximate surface area is 198 Å². The number of carbonyl (C=O) groups excluding carboxylic acids is 3. The van der Waals surface area contributed by atoms with Crippen molar-refractivity contribution < 1.29 is 18.8 Å². The molecular formula is C20H12ClFN4O3S3. The van der Waals surface area contributed by atoms with Crippen LogP contribution in [0.3, 0.4) is 0 Å². The molecule has 162 valence electrons. The molecule has 0 aliphatic carbocycles. The Bertz CT molecular complexity index is 1250. The van der Waals surface area contributed by atoms with Gasteiger partial charge in [-0.3, -0.25) is 25.0 Å². The molecular weight excluding hydrogens is 495 g/mol. The molecule has 0 unspecified atom stereocenters. The second-order valence-corrected chi connectivity index (χ2v) is 9.95. The molecule has 3 aromatic rings. The molecule has 12 heteroatoms. The van der Waals surface area contributed by atoms with Crippen LogP contribution in [-0.2, 0) is 10.5 Å². The number of rotatable bonds is 6. The smallest absolute Gasteiger partial charge is 0.290 e. The zero-order valence-electron chi connectivity index (χ0n) is 15.9. The van der Waals surface area contributed by atoms with E-state index in [1.165, 1.54) is 35.2 Å². The van der Waals surface area contributed by atoms with Gasteiger partial charge in [-0.25, -0.2) is 4.39 Å². The quantitative estimate of drug-likeness (QED) is 0.269. The minimum absolute atomic E-state index is 0.299. The fourth-order valence-electron chi connectivity index (χ4n) is 2.57. The summed E-state index contributed by atoms with van der Waals surface area (Å²) in [7, 11) is 0. The van der Waals surface area contributed by atoms with Gasteiger partial charge >= 0.3 is 0 Å².